The third kappa shape index (κ3) is 2.72. The van der Waals surface area contributed by atoms with Crippen LogP contribution in [0.25, 0.3) is 0 Å². The molecule has 0 aromatic rings. The van der Waals surface area contributed by atoms with Gasteiger partial charge in [0.15, 0.2) is 5.60 Å². The number of hydrogen-bond donors (Lipinski definition) is 1. The number of rotatable bonds is 3. The van der Waals surface area contributed by atoms with Gasteiger partial charge in [0.25, 0.3) is 5.60 Å². The summed E-state index contributed by atoms with van der Waals surface area (Å²) in [6.45, 7) is 0.823. The van der Waals surface area contributed by atoms with E-state index >= 15 is 0 Å². The minimum Gasteiger partial charge on any atom is -0.456 e. The molecule has 1 N–H and O–H groups in total. The zero-order valence-electron chi connectivity index (χ0n) is 12.3. The predicted molar refractivity (Wildman–Crippen MR) is 66.1 cm³/mol. The minimum absolute atomic E-state index is 0.0878. The Morgan fingerprint density at radius 1 is 1.04 bits per heavy atom. The normalized spacial score (nSPS) is 28.3. The first-order valence-electron chi connectivity index (χ1n) is 6.97. The van der Waals surface area contributed by atoms with Gasteiger partial charge in [-0.3, -0.25) is 4.79 Å². The third-order valence-electron chi connectivity index (χ3n) is 4.63. The molecule has 1 fully saturated rings. The van der Waals surface area contributed by atoms with Crippen molar-refractivity contribution in [3.63, 3.8) is 0 Å². The Morgan fingerprint density at radius 3 is 1.91 bits per heavy atom. The van der Waals surface area contributed by atoms with Crippen LogP contribution in [-0.2, 0) is 9.53 Å². The lowest BCUT2D eigenvalue weighted by molar-refractivity contribution is -0.407. The van der Waals surface area contributed by atoms with E-state index < -0.39 is 35.4 Å². The number of carbonyl (C=O) groups is 1. The summed E-state index contributed by atoms with van der Waals surface area (Å²) >= 11 is 0. The molecule has 3 atom stereocenters. The average molecular weight is 346 g/mol. The number of carbonyl (C=O) groups excluding carboxylic acids is 1. The van der Waals surface area contributed by atoms with Gasteiger partial charge in [-0.1, -0.05) is 12.2 Å². The molecule has 2 unspecified atom stereocenters. The molecule has 23 heavy (non-hydrogen) atoms. The Hall–Kier alpha value is -1.25. The van der Waals surface area contributed by atoms with Gasteiger partial charge in [0.1, 0.15) is 0 Å². The highest BCUT2D eigenvalue weighted by molar-refractivity contribution is 5.74. The number of esters is 1. The van der Waals surface area contributed by atoms with E-state index in [0.29, 0.717) is 26.7 Å². The number of halogens is 6. The molecule has 0 heterocycles. The molecule has 2 aliphatic carbocycles. The van der Waals surface area contributed by atoms with Crippen molar-refractivity contribution in [1.82, 2.24) is 0 Å². The molecule has 2 rings (SSSR count). The van der Waals surface area contributed by atoms with Crippen LogP contribution < -0.4 is 0 Å². The fourth-order valence-electron chi connectivity index (χ4n) is 3.30. The van der Waals surface area contributed by atoms with Gasteiger partial charge in [-0.15, -0.1) is 0 Å². The molecule has 9 heteroatoms. The SMILES string of the molecule is CC(C)(OC(=O)C1C[C@@H]2C=CC1C2)C(O)(C(F)(F)F)C(F)(F)F. The summed E-state index contributed by atoms with van der Waals surface area (Å²) < 4.78 is 81.9. The molecule has 0 spiro atoms. The molecule has 2 bridgehead atoms. The topological polar surface area (TPSA) is 46.5 Å². The maximum absolute atomic E-state index is 12.9. The van der Waals surface area contributed by atoms with Crippen molar-refractivity contribution < 1.29 is 41.0 Å². The molecular formula is C14H16F6O3. The summed E-state index contributed by atoms with van der Waals surface area (Å²) in [5.41, 5.74) is -8.37. The first kappa shape index (κ1) is 18.1. The van der Waals surface area contributed by atoms with Crippen molar-refractivity contribution in [2.75, 3.05) is 0 Å². The van der Waals surface area contributed by atoms with Crippen molar-refractivity contribution in [1.29, 1.82) is 0 Å². The van der Waals surface area contributed by atoms with Gasteiger partial charge in [-0.25, -0.2) is 0 Å². The van der Waals surface area contributed by atoms with Crippen LogP contribution >= 0.6 is 0 Å². The summed E-state index contributed by atoms with van der Waals surface area (Å²) in [4.78, 5) is 12.0. The van der Waals surface area contributed by atoms with Gasteiger partial charge in [0, 0.05) is 0 Å². The number of ether oxygens (including phenoxy) is 1. The van der Waals surface area contributed by atoms with Gasteiger partial charge in [-0.2, -0.15) is 26.3 Å². The highest BCUT2D eigenvalue weighted by Crippen LogP contribution is 2.51. The van der Waals surface area contributed by atoms with Crippen LogP contribution in [0.2, 0.25) is 0 Å². The quantitative estimate of drug-likeness (QED) is 0.484. The Labute approximate surface area is 128 Å². The predicted octanol–water partition coefficient (Wildman–Crippen LogP) is 3.38. The summed E-state index contributed by atoms with van der Waals surface area (Å²) in [6, 6.07) is 0. The summed E-state index contributed by atoms with van der Waals surface area (Å²) in [6.07, 6.45) is -7.57. The molecule has 132 valence electrons. The lowest BCUT2D eigenvalue weighted by atomic mass is 9.83. The second kappa shape index (κ2) is 5.12. The number of hydrogen-bond acceptors (Lipinski definition) is 3. The fraction of sp³-hybridized carbons (Fsp3) is 0.786. The number of alkyl halides is 6. The van der Waals surface area contributed by atoms with E-state index in [1.165, 1.54) is 0 Å². The van der Waals surface area contributed by atoms with Crippen LogP contribution in [0.15, 0.2) is 12.2 Å². The average Bonchev–Trinajstić information content (AvgIpc) is 2.96. The second-order valence-electron chi connectivity index (χ2n) is 6.52. The standard InChI is InChI=1S/C14H16F6O3/c1-11(2,12(22,13(15,16)17)14(18,19)20)23-10(21)9-6-7-3-4-8(9)5-7/h3-4,7-9,22H,5-6H2,1-2H3/t7-,8?,9?/m1/s1. The van der Waals surface area contributed by atoms with Crippen LogP contribution in [-0.4, -0.2) is 34.6 Å². The number of fused-ring (bicyclic) bond motifs is 2. The maximum Gasteiger partial charge on any atom is 0.430 e. The number of aliphatic hydroxyl groups is 1. The molecule has 0 aromatic carbocycles. The van der Waals surface area contributed by atoms with Crippen molar-refractivity contribution in [2.24, 2.45) is 17.8 Å². The van der Waals surface area contributed by atoms with E-state index in [9.17, 15) is 36.2 Å². The molecule has 3 nitrogen and oxygen atoms in total. The van der Waals surface area contributed by atoms with Crippen molar-refractivity contribution in [3.8, 4) is 0 Å². The van der Waals surface area contributed by atoms with E-state index in [2.05, 4.69) is 4.74 Å². The van der Waals surface area contributed by atoms with E-state index in [0.717, 1.165) is 0 Å². The van der Waals surface area contributed by atoms with E-state index in [1.807, 2.05) is 6.08 Å². The van der Waals surface area contributed by atoms with Crippen LogP contribution in [0.1, 0.15) is 26.7 Å². The first-order chi connectivity index (χ1) is 10.2. The zero-order valence-corrected chi connectivity index (χ0v) is 12.3. The van der Waals surface area contributed by atoms with Crippen LogP contribution in [0.4, 0.5) is 26.3 Å². The smallest absolute Gasteiger partial charge is 0.430 e. The molecule has 0 saturated heterocycles. The first-order valence-corrected chi connectivity index (χ1v) is 6.97. The van der Waals surface area contributed by atoms with E-state index in [1.54, 1.807) is 6.08 Å². The van der Waals surface area contributed by atoms with Crippen molar-refractivity contribution in [3.05, 3.63) is 12.2 Å². The monoisotopic (exact) mass is 346 g/mol. The van der Waals surface area contributed by atoms with Gasteiger partial charge >= 0.3 is 18.3 Å². The highest BCUT2D eigenvalue weighted by atomic mass is 19.4. The molecule has 0 aromatic heterocycles. The third-order valence-corrected chi connectivity index (χ3v) is 4.63. The highest BCUT2D eigenvalue weighted by Gasteiger charge is 2.78. The van der Waals surface area contributed by atoms with Crippen LogP contribution in [0.5, 0.6) is 0 Å². The largest absolute Gasteiger partial charge is 0.456 e. The summed E-state index contributed by atoms with van der Waals surface area (Å²) in [7, 11) is 0. The minimum atomic E-state index is -6.05. The number of allylic oxidation sites excluding steroid dienone is 2. The molecular weight excluding hydrogens is 330 g/mol. The van der Waals surface area contributed by atoms with Gasteiger partial charge in [0.2, 0.25) is 0 Å². The Bertz CT molecular complexity index is 506. The lowest BCUT2D eigenvalue weighted by Gasteiger charge is -2.43. The molecule has 0 radical (unpaired) electrons. The Morgan fingerprint density at radius 2 is 1.57 bits per heavy atom. The van der Waals surface area contributed by atoms with Gasteiger partial charge in [-0.05, 0) is 38.5 Å². The second-order valence-corrected chi connectivity index (χ2v) is 6.52. The van der Waals surface area contributed by atoms with Gasteiger partial charge < -0.3 is 9.84 Å². The molecule has 0 amide bonds. The van der Waals surface area contributed by atoms with Crippen LogP contribution in [0.3, 0.4) is 0 Å². The maximum atomic E-state index is 12.9. The Kier molecular flexibility index (Phi) is 4.03. The van der Waals surface area contributed by atoms with E-state index in [4.69, 9.17) is 0 Å². The van der Waals surface area contributed by atoms with Gasteiger partial charge in [0.05, 0.1) is 5.92 Å². The fourth-order valence-corrected chi connectivity index (χ4v) is 3.30. The summed E-state index contributed by atoms with van der Waals surface area (Å²) in [5, 5.41) is 9.39. The summed E-state index contributed by atoms with van der Waals surface area (Å²) in [5.74, 6) is -2.09. The van der Waals surface area contributed by atoms with Crippen molar-refractivity contribution >= 4 is 5.97 Å². The van der Waals surface area contributed by atoms with Crippen molar-refractivity contribution in [2.45, 2.75) is 50.2 Å². The Balaban J connectivity index is 2.25. The molecule has 0 aliphatic heterocycles. The van der Waals surface area contributed by atoms with E-state index in [-0.39, 0.29) is 11.8 Å². The van der Waals surface area contributed by atoms with Crippen LogP contribution in [0, 0.1) is 17.8 Å². The molecule has 2 aliphatic rings. The zero-order chi connectivity index (χ0) is 17.8. The molecule has 1 saturated carbocycles. The lowest BCUT2D eigenvalue weighted by Crippen LogP contribution is -2.70.